The second kappa shape index (κ2) is 6.34. The van der Waals surface area contributed by atoms with Crippen LogP contribution in [-0.2, 0) is 4.79 Å². The molecule has 1 rings (SSSR count). The number of aromatic nitrogens is 1. The van der Waals surface area contributed by atoms with Gasteiger partial charge in [0.2, 0.25) is 0 Å². The minimum atomic E-state index is -0.864. The number of carboxylic acids is 1. The van der Waals surface area contributed by atoms with Crippen LogP contribution in [0.25, 0.3) is 0 Å². The van der Waals surface area contributed by atoms with E-state index in [2.05, 4.69) is 26.2 Å². The van der Waals surface area contributed by atoms with Gasteiger partial charge in [-0.1, -0.05) is 0 Å². The van der Waals surface area contributed by atoms with Crippen molar-refractivity contribution in [2.45, 2.75) is 25.8 Å². The summed E-state index contributed by atoms with van der Waals surface area (Å²) in [6, 6.07) is 3.15. The van der Waals surface area contributed by atoms with Crippen molar-refractivity contribution in [1.82, 2.24) is 10.3 Å². The van der Waals surface area contributed by atoms with E-state index in [-0.39, 0.29) is 18.4 Å². The molecule has 1 atom stereocenters. The minimum Gasteiger partial charge on any atom is -0.481 e. The van der Waals surface area contributed by atoms with Crippen LogP contribution in [-0.4, -0.2) is 28.0 Å². The fraction of sp³-hybridized carbons (Fsp3) is 0.364. The molecule has 0 bridgehead atoms. The lowest BCUT2D eigenvalue weighted by Crippen LogP contribution is -2.32. The highest BCUT2D eigenvalue weighted by Crippen LogP contribution is 2.07. The van der Waals surface area contributed by atoms with Crippen molar-refractivity contribution in [1.29, 1.82) is 0 Å². The van der Waals surface area contributed by atoms with Crippen LogP contribution in [0.4, 0.5) is 0 Å². The summed E-state index contributed by atoms with van der Waals surface area (Å²) in [5.41, 5.74) is 0.454. The highest BCUT2D eigenvalue weighted by molar-refractivity contribution is 9.10. The first-order chi connectivity index (χ1) is 7.99. The number of rotatable bonds is 5. The Bertz CT molecular complexity index is 406. The lowest BCUT2D eigenvalue weighted by Gasteiger charge is -2.12. The Morgan fingerprint density at radius 1 is 1.53 bits per heavy atom. The molecular formula is C11H13BrN2O3. The van der Waals surface area contributed by atoms with Gasteiger partial charge >= 0.3 is 5.97 Å². The number of nitrogens with zero attached hydrogens (tertiary/aromatic N) is 1. The average Bonchev–Trinajstić information content (AvgIpc) is 2.27. The maximum absolute atomic E-state index is 11.7. The van der Waals surface area contributed by atoms with E-state index in [0.717, 1.165) is 0 Å². The second-order valence-electron chi connectivity index (χ2n) is 3.68. The number of amides is 1. The van der Waals surface area contributed by atoms with Crippen LogP contribution in [0.1, 0.15) is 30.1 Å². The number of carbonyl (C=O) groups is 2. The SMILES string of the molecule is CC(CCC(=O)O)NC(=O)c1ccc(Br)nc1. The van der Waals surface area contributed by atoms with Gasteiger partial charge in [-0.2, -0.15) is 0 Å². The summed E-state index contributed by atoms with van der Waals surface area (Å²) in [5, 5.41) is 11.2. The van der Waals surface area contributed by atoms with E-state index in [0.29, 0.717) is 16.6 Å². The van der Waals surface area contributed by atoms with Gasteiger partial charge in [0.15, 0.2) is 0 Å². The third kappa shape index (κ3) is 4.95. The zero-order chi connectivity index (χ0) is 12.8. The number of carbonyl (C=O) groups excluding carboxylic acids is 1. The summed E-state index contributed by atoms with van der Waals surface area (Å²) in [6.07, 6.45) is 1.91. The molecule has 1 unspecified atom stereocenters. The maximum Gasteiger partial charge on any atom is 0.303 e. The first kappa shape index (κ1) is 13.6. The van der Waals surface area contributed by atoms with Crippen molar-refractivity contribution in [2.24, 2.45) is 0 Å². The van der Waals surface area contributed by atoms with Crippen LogP contribution in [0.15, 0.2) is 22.9 Å². The Balaban J connectivity index is 2.48. The molecule has 0 saturated carbocycles. The van der Waals surface area contributed by atoms with Gasteiger partial charge in [0.25, 0.3) is 5.91 Å². The number of halogens is 1. The molecule has 0 fully saturated rings. The lowest BCUT2D eigenvalue weighted by atomic mass is 10.1. The van der Waals surface area contributed by atoms with Crippen LogP contribution in [0.5, 0.6) is 0 Å². The van der Waals surface area contributed by atoms with Crippen molar-refractivity contribution < 1.29 is 14.7 Å². The van der Waals surface area contributed by atoms with E-state index in [1.165, 1.54) is 6.20 Å². The molecule has 0 spiro atoms. The quantitative estimate of drug-likeness (QED) is 0.813. The van der Waals surface area contributed by atoms with E-state index in [4.69, 9.17) is 5.11 Å². The van der Waals surface area contributed by atoms with Crippen molar-refractivity contribution >= 4 is 27.8 Å². The molecule has 1 heterocycles. The topological polar surface area (TPSA) is 79.3 Å². The van der Waals surface area contributed by atoms with E-state index in [1.54, 1.807) is 19.1 Å². The zero-order valence-electron chi connectivity index (χ0n) is 9.31. The molecular weight excluding hydrogens is 288 g/mol. The maximum atomic E-state index is 11.7. The molecule has 0 aliphatic heterocycles. The molecule has 0 aliphatic carbocycles. The molecule has 0 radical (unpaired) electrons. The summed E-state index contributed by atoms with van der Waals surface area (Å²) < 4.78 is 0.660. The van der Waals surface area contributed by atoms with Crippen LogP contribution >= 0.6 is 15.9 Å². The van der Waals surface area contributed by atoms with Gasteiger partial charge in [-0.15, -0.1) is 0 Å². The lowest BCUT2D eigenvalue weighted by molar-refractivity contribution is -0.137. The molecule has 0 aliphatic rings. The number of aliphatic carboxylic acids is 1. The average molecular weight is 301 g/mol. The van der Waals surface area contributed by atoms with E-state index in [1.807, 2.05) is 0 Å². The molecule has 6 heteroatoms. The van der Waals surface area contributed by atoms with E-state index >= 15 is 0 Å². The molecule has 1 aromatic rings. The smallest absolute Gasteiger partial charge is 0.303 e. The predicted octanol–water partition coefficient (Wildman–Crippen LogP) is 1.83. The summed E-state index contributed by atoms with van der Waals surface area (Å²) in [7, 11) is 0. The van der Waals surface area contributed by atoms with Crippen LogP contribution in [0.2, 0.25) is 0 Å². The van der Waals surface area contributed by atoms with Gasteiger partial charge in [-0.25, -0.2) is 4.98 Å². The summed E-state index contributed by atoms with van der Waals surface area (Å²) in [6.45, 7) is 1.77. The molecule has 17 heavy (non-hydrogen) atoms. The van der Waals surface area contributed by atoms with Gasteiger partial charge < -0.3 is 10.4 Å². The summed E-state index contributed by atoms with van der Waals surface area (Å²) >= 11 is 3.18. The van der Waals surface area contributed by atoms with Gasteiger partial charge in [0, 0.05) is 18.7 Å². The normalized spacial score (nSPS) is 11.9. The molecule has 1 aromatic heterocycles. The van der Waals surface area contributed by atoms with Crippen LogP contribution in [0.3, 0.4) is 0 Å². The molecule has 92 valence electrons. The highest BCUT2D eigenvalue weighted by atomic mass is 79.9. The third-order valence-corrected chi connectivity index (χ3v) is 2.63. The van der Waals surface area contributed by atoms with Crippen molar-refractivity contribution in [3.05, 3.63) is 28.5 Å². The van der Waals surface area contributed by atoms with Crippen molar-refractivity contribution in [3.8, 4) is 0 Å². The predicted molar refractivity (Wildman–Crippen MR) is 65.7 cm³/mol. The summed E-state index contributed by atoms with van der Waals surface area (Å²) in [4.78, 5) is 26.0. The van der Waals surface area contributed by atoms with Crippen LogP contribution in [0, 0.1) is 0 Å². The van der Waals surface area contributed by atoms with Gasteiger partial charge in [0.05, 0.1) is 5.56 Å². The van der Waals surface area contributed by atoms with Gasteiger partial charge in [0.1, 0.15) is 4.60 Å². The fourth-order valence-electron chi connectivity index (χ4n) is 1.23. The first-order valence-corrected chi connectivity index (χ1v) is 5.92. The highest BCUT2D eigenvalue weighted by Gasteiger charge is 2.11. The summed E-state index contributed by atoms with van der Waals surface area (Å²) in [5.74, 6) is -1.11. The van der Waals surface area contributed by atoms with Crippen LogP contribution < -0.4 is 5.32 Å². The monoisotopic (exact) mass is 300 g/mol. The number of hydrogen-bond donors (Lipinski definition) is 2. The fourth-order valence-corrected chi connectivity index (χ4v) is 1.46. The molecule has 1 amide bonds. The number of pyridine rings is 1. The third-order valence-electron chi connectivity index (χ3n) is 2.16. The number of hydrogen-bond acceptors (Lipinski definition) is 3. The Kier molecular flexibility index (Phi) is 5.09. The minimum absolute atomic E-state index is 0.0417. The Morgan fingerprint density at radius 2 is 2.24 bits per heavy atom. The Hall–Kier alpha value is -1.43. The van der Waals surface area contributed by atoms with E-state index < -0.39 is 5.97 Å². The number of nitrogens with one attached hydrogen (secondary N) is 1. The first-order valence-electron chi connectivity index (χ1n) is 5.13. The van der Waals surface area contributed by atoms with Gasteiger partial charge in [-0.3, -0.25) is 9.59 Å². The van der Waals surface area contributed by atoms with Gasteiger partial charge in [-0.05, 0) is 41.4 Å². The molecule has 0 aromatic carbocycles. The number of carboxylic acid groups (broad SMARTS) is 1. The zero-order valence-corrected chi connectivity index (χ0v) is 10.9. The van der Waals surface area contributed by atoms with Crippen molar-refractivity contribution in [2.75, 3.05) is 0 Å². The second-order valence-corrected chi connectivity index (χ2v) is 4.49. The largest absolute Gasteiger partial charge is 0.481 e. The molecule has 2 N–H and O–H groups in total. The van der Waals surface area contributed by atoms with E-state index in [9.17, 15) is 9.59 Å². The Labute approximate surface area is 107 Å². The Morgan fingerprint density at radius 3 is 2.76 bits per heavy atom. The standard InChI is InChI=1S/C11H13BrN2O3/c1-7(2-5-10(15)16)14-11(17)8-3-4-9(12)13-6-8/h3-4,6-7H,2,5H2,1H3,(H,14,17)(H,15,16). The molecule has 0 saturated heterocycles. The molecule has 5 nitrogen and oxygen atoms in total. The van der Waals surface area contributed by atoms with Crippen molar-refractivity contribution in [3.63, 3.8) is 0 Å².